The van der Waals surface area contributed by atoms with Crippen LogP contribution in [-0.4, -0.2) is 53.5 Å². The molecule has 1 atom stereocenters. The van der Waals surface area contributed by atoms with Gasteiger partial charge in [-0.3, -0.25) is 4.98 Å². The minimum absolute atomic E-state index is 0.0656. The second-order valence-electron chi connectivity index (χ2n) is 7.46. The molecular formula is C19H30N4O. The lowest BCUT2D eigenvalue weighted by Gasteiger charge is -2.37. The number of aromatic nitrogens is 1. The average Bonchev–Trinajstić information content (AvgIpc) is 2.63. The normalized spacial score (nSPS) is 23.2. The maximum absolute atomic E-state index is 12.4. The number of nitrogens with one attached hydrogen (secondary N) is 1. The zero-order valence-electron chi connectivity index (χ0n) is 14.8. The van der Waals surface area contributed by atoms with Gasteiger partial charge in [0.2, 0.25) is 0 Å². The number of piperidine rings is 2. The summed E-state index contributed by atoms with van der Waals surface area (Å²) in [5.74, 6) is 1.50. The van der Waals surface area contributed by atoms with Crippen LogP contribution in [0.15, 0.2) is 24.5 Å². The van der Waals surface area contributed by atoms with Gasteiger partial charge in [0.05, 0.1) is 0 Å². The smallest absolute Gasteiger partial charge is 0.317 e. The minimum Gasteiger partial charge on any atom is -0.334 e. The van der Waals surface area contributed by atoms with E-state index < -0.39 is 0 Å². The first-order chi connectivity index (χ1) is 11.7. The van der Waals surface area contributed by atoms with E-state index in [-0.39, 0.29) is 6.03 Å². The third kappa shape index (κ3) is 4.94. The van der Waals surface area contributed by atoms with Crippen molar-refractivity contribution in [3.05, 3.63) is 30.1 Å². The van der Waals surface area contributed by atoms with Gasteiger partial charge in [0.25, 0.3) is 0 Å². The van der Waals surface area contributed by atoms with Crippen molar-refractivity contribution in [1.82, 2.24) is 20.1 Å². The molecule has 3 heterocycles. The lowest BCUT2D eigenvalue weighted by molar-refractivity contribution is 0.120. The number of rotatable bonds is 4. The minimum atomic E-state index is 0.0656. The van der Waals surface area contributed by atoms with Crippen molar-refractivity contribution in [3.63, 3.8) is 0 Å². The summed E-state index contributed by atoms with van der Waals surface area (Å²) >= 11 is 0. The number of hydrogen-bond donors (Lipinski definition) is 1. The molecule has 0 spiro atoms. The Balaban J connectivity index is 1.43. The summed E-state index contributed by atoms with van der Waals surface area (Å²) in [6.45, 7) is 8.29. The molecule has 1 N–H and O–H groups in total. The number of likely N-dealkylation sites (tertiary alicyclic amines) is 2. The zero-order chi connectivity index (χ0) is 16.8. The van der Waals surface area contributed by atoms with Crippen LogP contribution in [0.1, 0.15) is 38.2 Å². The number of amides is 2. The molecule has 0 aromatic carbocycles. The summed E-state index contributed by atoms with van der Waals surface area (Å²) in [4.78, 5) is 21.1. The molecule has 2 saturated heterocycles. The van der Waals surface area contributed by atoms with Crippen molar-refractivity contribution in [3.8, 4) is 0 Å². The Bertz CT molecular complexity index is 513. The average molecular weight is 330 g/mol. The summed E-state index contributed by atoms with van der Waals surface area (Å²) in [6.07, 6.45) is 8.57. The van der Waals surface area contributed by atoms with E-state index in [0.717, 1.165) is 37.5 Å². The van der Waals surface area contributed by atoms with E-state index in [4.69, 9.17) is 0 Å². The maximum Gasteiger partial charge on any atom is 0.317 e. The van der Waals surface area contributed by atoms with Crippen LogP contribution in [0.3, 0.4) is 0 Å². The van der Waals surface area contributed by atoms with Crippen molar-refractivity contribution < 1.29 is 4.79 Å². The van der Waals surface area contributed by atoms with Crippen molar-refractivity contribution in [1.29, 1.82) is 0 Å². The second kappa shape index (κ2) is 8.47. The topological polar surface area (TPSA) is 48.5 Å². The molecule has 0 saturated carbocycles. The van der Waals surface area contributed by atoms with Crippen molar-refractivity contribution >= 4 is 6.03 Å². The molecular weight excluding hydrogens is 300 g/mol. The molecule has 24 heavy (non-hydrogen) atoms. The van der Waals surface area contributed by atoms with Crippen molar-refractivity contribution in [2.75, 3.05) is 32.7 Å². The van der Waals surface area contributed by atoms with Gasteiger partial charge in [-0.1, -0.05) is 13.0 Å². The molecule has 3 rings (SSSR count). The van der Waals surface area contributed by atoms with Gasteiger partial charge in [-0.2, -0.15) is 0 Å². The Hall–Kier alpha value is -1.62. The molecule has 2 amide bonds. The van der Waals surface area contributed by atoms with Crippen LogP contribution in [0.5, 0.6) is 0 Å². The van der Waals surface area contributed by atoms with E-state index in [9.17, 15) is 4.79 Å². The van der Waals surface area contributed by atoms with Crippen LogP contribution in [0.25, 0.3) is 0 Å². The number of nitrogens with zero attached hydrogens (tertiary/aromatic N) is 3. The molecule has 5 heteroatoms. The van der Waals surface area contributed by atoms with E-state index >= 15 is 0 Å². The number of carbonyl (C=O) groups excluding carboxylic acids is 1. The number of carbonyl (C=O) groups is 1. The van der Waals surface area contributed by atoms with Gasteiger partial charge in [0.15, 0.2) is 0 Å². The second-order valence-corrected chi connectivity index (χ2v) is 7.46. The van der Waals surface area contributed by atoms with Crippen LogP contribution in [0, 0.1) is 11.8 Å². The lowest BCUT2D eigenvalue weighted by Crippen LogP contribution is -2.48. The fraction of sp³-hybridized carbons (Fsp3) is 0.684. The van der Waals surface area contributed by atoms with Gasteiger partial charge in [0.1, 0.15) is 0 Å². The van der Waals surface area contributed by atoms with Crippen LogP contribution >= 0.6 is 0 Å². The van der Waals surface area contributed by atoms with Gasteiger partial charge in [-0.15, -0.1) is 0 Å². The zero-order valence-corrected chi connectivity index (χ0v) is 14.8. The van der Waals surface area contributed by atoms with Crippen molar-refractivity contribution in [2.24, 2.45) is 11.8 Å². The predicted octanol–water partition coefficient (Wildman–Crippen LogP) is 2.74. The first kappa shape index (κ1) is 17.2. The Morgan fingerprint density at radius 1 is 1.29 bits per heavy atom. The first-order valence-corrected chi connectivity index (χ1v) is 9.34. The van der Waals surface area contributed by atoms with Gasteiger partial charge in [-0.05, 0) is 62.2 Å². The monoisotopic (exact) mass is 330 g/mol. The summed E-state index contributed by atoms with van der Waals surface area (Å²) in [6, 6.07) is 3.96. The summed E-state index contributed by atoms with van der Waals surface area (Å²) in [5.41, 5.74) is 1.04. The first-order valence-electron chi connectivity index (χ1n) is 9.34. The van der Waals surface area contributed by atoms with E-state index in [1.54, 1.807) is 12.4 Å². The van der Waals surface area contributed by atoms with E-state index in [1.165, 1.54) is 32.4 Å². The third-order valence-corrected chi connectivity index (χ3v) is 5.37. The van der Waals surface area contributed by atoms with Gasteiger partial charge < -0.3 is 15.1 Å². The molecule has 0 aliphatic carbocycles. The van der Waals surface area contributed by atoms with Crippen LogP contribution in [0.2, 0.25) is 0 Å². The molecule has 0 bridgehead atoms. The fourth-order valence-corrected chi connectivity index (χ4v) is 3.80. The van der Waals surface area contributed by atoms with E-state index in [1.807, 2.05) is 17.0 Å². The molecule has 1 aromatic heterocycles. The van der Waals surface area contributed by atoms with Gasteiger partial charge >= 0.3 is 6.03 Å². The largest absolute Gasteiger partial charge is 0.334 e. The lowest BCUT2D eigenvalue weighted by atomic mass is 9.94. The van der Waals surface area contributed by atoms with E-state index in [2.05, 4.69) is 22.1 Å². The predicted molar refractivity (Wildman–Crippen MR) is 95.6 cm³/mol. The number of pyridine rings is 1. The highest BCUT2D eigenvalue weighted by Crippen LogP contribution is 2.21. The van der Waals surface area contributed by atoms with Crippen LogP contribution in [-0.2, 0) is 6.54 Å². The third-order valence-electron chi connectivity index (χ3n) is 5.37. The van der Waals surface area contributed by atoms with Crippen LogP contribution in [0.4, 0.5) is 4.79 Å². The fourth-order valence-electron chi connectivity index (χ4n) is 3.80. The highest BCUT2D eigenvalue weighted by atomic mass is 16.2. The Kier molecular flexibility index (Phi) is 6.07. The van der Waals surface area contributed by atoms with Crippen LogP contribution < -0.4 is 5.32 Å². The SMILES string of the molecule is CC1CCN(C[C@@H]2CCCN(C(=O)NCc3cccnc3)C2)CC1. The molecule has 0 unspecified atom stereocenters. The molecule has 2 aliphatic rings. The van der Waals surface area contributed by atoms with Gasteiger partial charge in [-0.25, -0.2) is 4.79 Å². The quantitative estimate of drug-likeness (QED) is 0.923. The molecule has 0 radical (unpaired) electrons. The molecule has 132 valence electrons. The summed E-state index contributed by atoms with van der Waals surface area (Å²) in [5, 5.41) is 3.03. The van der Waals surface area contributed by atoms with E-state index in [0.29, 0.717) is 12.5 Å². The molecule has 2 fully saturated rings. The molecule has 2 aliphatic heterocycles. The molecule has 5 nitrogen and oxygen atoms in total. The Labute approximate surface area is 145 Å². The number of urea groups is 1. The highest BCUT2D eigenvalue weighted by molar-refractivity contribution is 5.74. The van der Waals surface area contributed by atoms with Crippen molar-refractivity contribution in [2.45, 2.75) is 39.2 Å². The Morgan fingerprint density at radius 2 is 2.12 bits per heavy atom. The molecule has 1 aromatic rings. The Morgan fingerprint density at radius 3 is 2.88 bits per heavy atom. The summed E-state index contributed by atoms with van der Waals surface area (Å²) in [7, 11) is 0. The number of hydrogen-bond acceptors (Lipinski definition) is 3. The maximum atomic E-state index is 12.4. The summed E-state index contributed by atoms with van der Waals surface area (Å²) < 4.78 is 0. The highest BCUT2D eigenvalue weighted by Gasteiger charge is 2.26. The van der Waals surface area contributed by atoms with Gasteiger partial charge in [0, 0.05) is 38.6 Å². The standard InChI is InChI=1S/C19H30N4O/c1-16-6-10-22(11-7-16)14-18-5-3-9-23(15-18)19(24)21-13-17-4-2-8-20-12-17/h2,4,8,12,16,18H,3,5-7,9-11,13-15H2,1H3,(H,21,24)/t18-/m0/s1.